The van der Waals surface area contributed by atoms with E-state index in [9.17, 15) is 0 Å². The van der Waals surface area contributed by atoms with Crippen molar-refractivity contribution in [1.29, 1.82) is 0 Å². The molecule has 2 rings (SSSR count). The van der Waals surface area contributed by atoms with E-state index in [-0.39, 0.29) is 0 Å². The average molecular weight is 166 g/mol. The van der Waals surface area contributed by atoms with Gasteiger partial charge >= 0.3 is 0 Å². The lowest BCUT2D eigenvalue weighted by Gasteiger charge is -1.92. The monoisotopic (exact) mass is 165 g/mol. The van der Waals surface area contributed by atoms with Gasteiger partial charge in [0, 0.05) is 12.1 Å². The van der Waals surface area contributed by atoms with Crippen LogP contribution in [0.5, 0.6) is 0 Å². The highest BCUT2D eigenvalue weighted by Gasteiger charge is 2.11. The van der Waals surface area contributed by atoms with E-state index >= 15 is 0 Å². The van der Waals surface area contributed by atoms with Gasteiger partial charge in [-0.15, -0.1) is 11.6 Å². The fraction of sp³-hybridized carbons (Fsp3) is 0.222. The second-order valence-electron chi connectivity index (χ2n) is 2.62. The maximum Gasteiger partial charge on any atom is 0.0665 e. The zero-order valence-corrected chi connectivity index (χ0v) is 6.80. The van der Waals surface area contributed by atoms with Gasteiger partial charge in [0.25, 0.3) is 0 Å². The molecule has 0 bridgehead atoms. The predicted molar refractivity (Wildman–Crippen MR) is 48.0 cm³/mol. The molecule has 2 heteroatoms. The molecule has 1 heterocycles. The number of para-hydroxylation sites is 1. The second kappa shape index (κ2) is 2.67. The van der Waals surface area contributed by atoms with Crippen molar-refractivity contribution in [3.63, 3.8) is 0 Å². The summed E-state index contributed by atoms with van der Waals surface area (Å²) in [7, 11) is 0. The molecule has 0 N–H and O–H groups in total. The van der Waals surface area contributed by atoms with Crippen LogP contribution < -0.4 is 0 Å². The van der Waals surface area contributed by atoms with Crippen molar-refractivity contribution < 1.29 is 0 Å². The van der Waals surface area contributed by atoms with Crippen LogP contribution in [0.25, 0.3) is 0 Å². The molecule has 0 amide bonds. The molecular weight excluding hydrogens is 158 g/mol. The minimum absolute atomic E-state index is 0.550. The third kappa shape index (κ3) is 1.16. The lowest BCUT2D eigenvalue weighted by molar-refractivity contribution is 1.39. The Morgan fingerprint density at radius 2 is 2.18 bits per heavy atom. The van der Waals surface area contributed by atoms with Crippen LogP contribution in [0.3, 0.4) is 0 Å². The summed E-state index contributed by atoms with van der Waals surface area (Å²) in [6.07, 6.45) is 0.930. The van der Waals surface area contributed by atoms with Gasteiger partial charge in [-0.1, -0.05) is 18.2 Å². The molecule has 1 aliphatic rings. The number of rotatable bonds is 1. The fourth-order valence-corrected chi connectivity index (χ4v) is 1.43. The molecule has 1 nitrogen and oxygen atoms in total. The van der Waals surface area contributed by atoms with Crippen LogP contribution in [0.4, 0.5) is 5.69 Å². The van der Waals surface area contributed by atoms with Crippen molar-refractivity contribution in [3.8, 4) is 0 Å². The quantitative estimate of drug-likeness (QED) is 0.568. The highest BCUT2D eigenvalue weighted by Crippen LogP contribution is 2.25. The molecule has 0 saturated heterocycles. The van der Waals surface area contributed by atoms with Crippen molar-refractivity contribution in [1.82, 2.24) is 0 Å². The first-order valence-electron chi connectivity index (χ1n) is 3.60. The Labute approximate surface area is 70.7 Å². The van der Waals surface area contributed by atoms with E-state index in [1.165, 1.54) is 5.56 Å². The van der Waals surface area contributed by atoms with Crippen molar-refractivity contribution in [2.24, 2.45) is 4.99 Å². The van der Waals surface area contributed by atoms with Gasteiger partial charge in [0.15, 0.2) is 0 Å². The summed E-state index contributed by atoms with van der Waals surface area (Å²) >= 11 is 5.67. The Balaban J connectivity index is 2.39. The largest absolute Gasteiger partial charge is 0.256 e. The number of hydrogen-bond donors (Lipinski definition) is 0. The molecule has 1 aromatic carbocycles. The molecule has 0 aromatic heterocycles. The van der Waals surface area contributed by atoms with Gasteiger partial charge in [-0.05, 0) is 11.6 Å². The van der Waals surface area contributed by atoms with Crippen LogP contribution in [0.1, 0.15) is 5.56 Å². The Hall–Kier alpha value is -0.820. The maximum absolute atomic E-state index is 5.67. The van der Waals surface area contributed by atoms with E-state index in [1.807, 2.05) is 18.2 Å². The third-order valence-corrected chi connectivity index (χ3v) is 2.13. The van der Waals surface area contributed by atoms with Gasteiger partial charge in [0.05, 0.1) is 11.6 Å². The second-order valence-corrected chi connectivity index (χ2v) is 2.88. The SMILES string of the molecule is ClCC1=Nc2ccccc2C1. The number of halogens is 1. The minimum atomic E-state index is 0.550. The number of aliphatic imine (C=N–C) groups is 1. The summed E-state index contributed by atoms with van der Waals surface area (Å²) in [6.45, 7) is 0. The summed E-state index contributed by atoms with van der Waals surface area (Å²) in [5, 5.41) is 0. The highest BCUT2D eigenvalue weighted by atomic mass is 35.5. The molecule has 0 radical (unpaired) electrons. The van der Waals surface area contributed by atoms with Crippen LogP contribution in [0.15, 0.2) is 29.3 Å². The first-order valence-corrected chi connectivity index (χ1v) is 4.14. The van der Waals surface area contributed by atoms with Crippen molar-refractivity contribution in [3.05, 3.63) is 29.8 Å². The van der Waals surface area contributed by atoms with Gasteiger partial charge in [0.2, 0.25) is 0 Å². The average Bonchev–Trinajstić information content (AvgIpc) is 2.46. The molecule has 0 saturated carbocycles. The lowest BCUT2D eigenvalue weighted by atomic mass is 10.1. The number of benzene rings is 1. The Morgan fingerprint density at radius 3 is 2.91 bits per heavy atom. The van der Waals surface area contributed by atoms with Gasteiger partial charge in [-0.3, -0.25) is 4.99 Å². The molecule has 0 aliphatic carbocycles. The smallest absolute Gasteiger partial charge is 0.0665 e. The van der Waals surface area contributed by atoms with E-state index in [0.717, 1.165) is 17.8 Å². The van der Waals surface area contributed by atoms with E-state index in [2.05, 4.69) is 11.1 Å². The van der Waals surface area contributed by atoms with Crippen LogP contribution >= 0.6 is 11.6 Å². The topological polar surface area (TPSA) is 12.4 Å². The van der Waals surface area contributed by atoms with Crippen LogP contribution in [-0.2, 0) is 6.42 Å². The first kappa shape index (κ1) is 6.86. The van der Waals surface area contributed by atoms with Crippen molar-refractivity contribution >= 4 is 23.0 Å². The molecular formula is C9H8ClN. The summed E-state index contributed by atoms with van der Waals surface area (Å²) < 4.78 is 0. The Bertz CT molecular complexity index is 304. The van der Waals surface area contributed by atoms with Gasteiger partial charge in [-0.25, -0.2) is 0 Å². The molecule has 0 atom stereocenters. The van der Waals surface area contributed by atoms with E-state index in [0.29, 0.717) is 5.88 Å². The standard InChI is InChI=1S/C9H8ClN/c10-6-8-5-7-3-1-2-4-9(7)11-8/h1-4H,5-6H2. The zero-order chi connectivity index (χ0) is 7.68. The van der Waals surface area contributed by atoms with Gasteiger partial charge in [-0.2, -0.15) is 0 Å². The fourth-order valence-electron chi connectivity index (χ4n) is 1.28. The van der Waals surface area contributed by atoms with Gasteiger partial charge < -0.3 is 0 Å². The van der Waals surface area contributed by atoms with Crippen LogP contribution in [-0.4, -0.2) is 11.6 Å². The van der Waals surface area contributed by atoms with Crippen molar-refractivity contribution in [2.45, 2.75) is 6.42 Å². The Kier molecular flexibility index (Phi) is 1.66. The van der Waals surface area contributed by atoms with Gasteiger partial charge in [0.1, 0.15) is 0 Å². The number of fused-ring (bicyclic) bond motifs is 1. The molecule has 0 fully saturated rings. The first-order chi connectivity index (χ1) is 5.40. The van der Waals surface area contributed by atoms with Crippen LogP contribution in [0.2, 0.25) is 0 Å². The summed E-state index contributed by atoms with van der Waals surface area (Å²) in [5.74, 6) is 0.550. The van der Waals surface area contributed by atoms with Crippen molar-refractivity contribution in [2.75, 3.05) is 5.88 Å². The van der Waals surface area contributed by atoms with E-state index < -0.39 is 0 Å². The highest BCUT2D eigenvalue weighted by molar-refractivity contribution is 6.29. The summed E-state index contributed by atoms with van der Waals surface area (Å²) in [5.41, 5.74) is 3.46. The zero-order valence-electron chi connectivity index (χ0n) is 6.05. The molecule has 0 unspecified atom stereocenters. The number of nitrogens with zero attached hydrogens (tertiary/aromatic N) is 1. The predicted octanol–water partition coefficient (Wildman–Crippen LogP) is 2.55. The Morgan fingerprint density at radius 1 is 1.36 bits per heavy atom. The third-order valence-electron chi connectivity index (χ3n) is 1.82. The molecule has 56 valence electrons. The van der Waals surface area contributed by atoms with E-state index in [1.54, 1.807) is 0 Å². The molecule has 1 aromatic rings. The number of alkyl halides is 1. The van der Waals surface area contributed by atoms with E-state index in [4.69, 9.17) is 11.6 Å². The summed E-state index contributed by atoms with van der Waals surface area (Å²) in [6, 6.07) is 8.15. The number of hydrogen-bond acceptors (Lipinski definition) is 1. The normalized spacial score (nSPS) is 14.5. The minimum Gasteiger partial charge on any atom is -0.256 e. The molecule has 11 heavy (non-hydrogen) atoms. The molecule has 0 spiro atoms. The molecule has 1 aliphatic heterocycles. The maximum atomic E-state index is 5.67. The lowest BCUT2D eigenvalue weighted by Crippen LogP contribution is -1.97. The van der Waals surface area contributed by atoms with Crippen LogP contribution in [0, 0.1) is 0 Å². The summed E-state index contributed by atoms with van der Waals surface area (Å²) in [4.78, 5) is 4.35.